The molecule has 2 nitrogen and oxygen atoms in total. The highest BCUT2D eigenvalue weighted by molar-refractivity contribution is 5.92. The van der Waals surface area contributed by atoms with Crippen molar-refractivity contribution in [3.63, 3.8) is 0 Å². The fourth-order valence-corrected chi connectivity index (χ4v) is 4.00. The van der Waals surface area contributed by atoms with Crippen LogP contribution in [0.5, 0.6) is 0 Å². The first-order chi connectivity index (χ1) is 13.8. The number of ether oxygens (including phenoxy) is 1. The summed E-state index contributed by atoms with van der Waals surface area (Å²) < 4.78 is 5.58. The highest BCUT2D eigenvalue weighted by Gasteiger charge is 2.25. The molecule has 1 unspecified atom stereocenters. The van der Waals surface area contributed by atoms with Crippen LogP contribution in [-0.2, 0) is 11.2 Å². The maximum Gasteiger partial charge on any atom is 0.338 e. The largest absolute Gasteiger partial charge is 0.458 e. The Morgan fingerprint density at radius 3 is 2.18 bits per heavy atom. The molecule has 2 rings (SSSR count). The highest BCUT2D eigenvalue weighted by atomic mass is 16.5. The Labute approximate surface area is 172 Å². The zero-order valence-corrected chi connectivity index (χ0v) is 18.0. The third kappa shape index (κ3) is 9.08. The maximum absolute atomic E-state index is 12.0. The molecule has 0 N–H and O–H groups in total. The van der Waals surface area contributed by atoms with Gasteiger partial charge in [-0.2, -0.15) is 0 Å². The molecule has 1 aliphatic rings. The minimum Gasteiger partial charge on any atom is -0.458 e. The van der Waals surface area contributed by atoms with Crippen molar-refractivity contribution in [3.05, 3.63) is 47.5 Å². The van der Waals surface area contributed by atoms with Gasteiger partial charge in [0.2, 0.25) is 0 Å². The number of allylic oxidation sites excluding steroid dienone is 2. The van der Waals surface area contributed by atoms with Crippen molar-refractivity contribution < 1.29 is 9.53 Å². The first-order valence-electron chi connectivity index (χ1n) is 11.7. The number of rotatable bonds is 15. The van der Waals surface area contributed by atoms with Gasteiger partial charge in [0.1, 0.15) is 6.10 Å². The average molecular weight is 385 g/mol. The van der Waals surface area contributed by atoms with Crippen molar-refractivity contribution in [3.8, 4) is 0 Å². The summed E-state index contributed by atoms with van der Waals surface area (Å²) in [6.07, 6.45) is 23.8. The molecule has 1 aromatic carbocycles. The van der Waals surface area contributed by atoms with E-state index in [1.807, 2.05) is 18.2 Å². The quantitative estimate of drug-likeness (QED) is 0.175. The average Bonchev–Trinajstić information content (AvgIpc) is 2.71. The number of carbonyl (C=O) groups is 1. The van der Waals surface area contributed by atoms with Gasteiger partial charge < -0.3 is 4.74 Å². The molecule has 1 heterocycles. The topological polar surface area (TPSA) is 26.3 Å². The van der Waals surface area contributed by atoms with Crippen molar-refractivity contribution in [1.29, 1.82) is 0 Å². The van der Waals surface area contributed by atoms with Gasteiger partial charge in [-0.1, -0.05) is 88.6 Å². The fourth-order valence-electron chi connectivity index (χ4n) is 4.00. The van der Waals surface area contributed by atoms with Gasteiger partial charge in [-0.05, 0) is 50.2 Å². The van der Waals surface area contributed by atoms with E-state index < -0.39 is 0 Å². The Morgan fingerprint density at radius 1 is 0.857 bits per heavy atom. The van der Waals surface area contributed by atoms with Gasteiger partial charge in [0.05, 0.1) is 5.56 Å². The number of carbonyl (C=O) groups excluding carboxylic acids is 1. The molecule has 0 spiro atoms. The van der Waals surface area contributed by atoms with Crippen LogP contribution in [0.4, 0.5) is 0 Å². The first-order valence-corrected chi connectivity index (χ1v) is 11.7. The molecule has 0 bridgehead atoms. The van der Waals surface area contributed by atoms with E-state index in [-0.39, 0.29) is 12.1 Å². The molecule has 0 aromatic heterocycles. The predicted octanol–water partition coefficient (Wildman–Crippen LogP) is 7.81. The molecule has 0 saturated carbocycles. The van der Waals surface area contributed by atoms with Crippen LogP contribution in [0.15, 0.2) is 36.4 Å². The minimum atomic E-state index is -0.139. The molecular weight excluding hydrogens is 344 g/mol. The van der Waals surface area contributed by atoms with E-state index in [1.54, 1.807) is 0 Å². The van der Waals surface area contributed by atoms with Crippen LogP contribution in [0.2, 0.25) is 0 Å². The molecule has 1 aromatic rings. The molecule has 2 heteroatoms. The maximum atomic E-state index is 12.0. The van der Waals surface area contributed by atoms with Crippen LogP contribution < -0.4 is 0 Å². The van der Waals surface area contributed by atoms with Gasteiger partial charge in [0, 0.05) is 6.42 Å². The molecule has 0 radical (unpaired) electrons. The fraction of sp³-hybridized carbons (Fsp3) is 0.654. The smallest absolute Gasteiger partial charge is 0.338 e. The monoisotopic (exact) mass is 384 g/mol. The van der Waals surface area contributed by atoms with E-state index in [0.29, 0.717) is 0 Å². The van der Waals surface area contributed by atoms with Crippen LogP contribution >= 0.6 is 0 Å². The summed E-state index contributed by atoms with van der Waals surface area (Å²) in [4.78, 5) is 12.0. The van der Waals surface area contributed by atoms with Crippen LogP contribution in [0.25, 0.3) is 0 Å². The minimum absolute atomic E-state index is 0.0762. The number of hydrogen-bond donors (Lipinski definition) is 0. The third-order valence-corrected chi connectivity index (χ3v) is 5.75. The molecule has 0 saturated heterocycles. The highest BCUT2D eigenvalue weighted by Crippen LogP contribution is 2.23. The van der Waals surface area contributed by atoms with Gasteiger partial charge in [-0.25, -0.2) is 4.79 Å². The van der Waals surface area contributed by atoms with E-state index in [9.17, 15) is 4.79 Å². The number of cyclic esters (lactones) is 1. The van der Waals surface area contributed by atoms with Crippen LogP contribution in [0.3, 0.4) is 0 Å². The lowest BCUT2D eigenvalue weighted by Gasteiger charge is -2.24. The zero-order chi connectivity index (χ0) is 19.9. The molecule has 1 aliphatic heterocycles. The van der Waals surface area contributed by atoms with Crippen molar-refractivity contribution in [2.24, 2.45) is 0 Å². The summed E-state index contributed by atoms with van der Waals surface area (Å²) in [6.45, 7) is 2.27. The van der Waals surface area contributed by atoms with E-state index in [1.165, 1.54) is 77.0 Å². The van der Waals surface area contributed by atoms with Gasteiger partial charge in [-0.15, -0.1) is 0 Å². The second kappa shape index (κ2) is 14.4. The first kappa shape index (κ1) is 22.7. The Balaban J connectivity index is 1.40. The lowest BCUT2D eigenvalue weighted by molar-refractivity contribution is 0.0232. The van der Waals surface area contributed by atoms with Crippen molar-refractivity contribution in [1.82, 2.24) is 0 Å². The second-order valence-corrected chi connectivity index (χ2v) is 8.26. The van der Waals surface area contributed by atoms with E-state index in [4.69, 9.17) is 4.74 Å². The Hall–Kier alpha value is -1.57. The summed E-state index contributed by atoms with van der Waals surface area (Å²) >= 11 is 0. The van der Waals surface area contributed by atoms with E-state index >= 15 is 0 Å². The lowest BCUT2D eigenvalue weighted by Crippen LogP contribution is -2.27. The zero-order valence-electron chi connectivity index (χ0n) is 18.0. The molecule has 1 atom stereocenters. The molecule has 156 valence electrons. The predicted molar refractivity (Wildman–Crippen MR) is 119 cm³/mol. The third-order valence-electron chi connectivity index (χ3n) is 5.75. The summed E-state index contributed by atoms with van der Waals surface area (Å²) in [5.41, 5.74) is 1.90. The number of fused-ring (bicyclic) bond motifs is 1. The summed E-state index contributed by atoms with van der Waals surface area (Å²) in [5, 5.41) is 0. The van der Waals surface area contributed by atoms with Gasteiger partial charge in [0.15, 0.2) is 0 Å². The van der Waals surface area contributed by atoms with Gasteiger partial charge in [-0.3, -0.25) is 0 Å². The van der Waals surface area contributed by atoms with Crippen LogP contribution in [0, 0.1) is 0 Å². The molecule has 28 heavy (non-hydrogen) atoms. The Bertz CT molecular complexity index is 576. The van der Waals surface area contributed by atoms with E-state index in [2.05, 4.69) is 25.1 Å². The number of hydrogen-bond acceptors (Lipinski definition) is 2. The summed E-state index contributed by atoms with van der Waals surface area (Å²) in [5.74, 6) is -0.139. The second-order valence-electron chi connectivity index (χ2n) is 8.26. The Morgan fingerprint density at radius 2 is 1.46 bits per heavy atom. The SMILES string of the molecule is CCCCCCCC/C=C/CCCCCCCC1Cc2ccccc2C(=O)O1. The van der Waals surface area contributed by atoms with Gasteiger partial charge >= 0.3 is 5.97 Å². The lowest BCUT2D eigenvalue weighted by atomic mass is 9.95. The molecule has 0 aliphatic carbocycles. The Kier molecular flexibility index (Phi) is 11.7. The molecule has 0 amide bonds. The molecular formula is C26H40O2. The standard InChI is InChI=1S/C26H40O2/c1-2-3-4-5-6-7-8-9-10-11-12-13-14-15-16-20-24-22-23-19-17-18-21-25(23)26(27)28-24/h9-10,17-19,21,24H,2-8,11-16,20,22H2,1H3/b10-9+. The van der Waals surface area contributed by atoms with Gasteiger partial charge in [0.25, 0.3) is 0 Å². The molecule has 0 fully saturated rings. The van der Waals surface area contributed by atoms with E-state index in [0.717, 1.165) is 30.4 Å². The van der Waals surface area contributed by atoms with Crippen molar-refractivity contribution >= 4 is 5.97 Å². The number of benzene rings is 1. The summed E-state index contributed by atoms with van der Waals surface area (Å²) in [6, 6.07) is 7.85. The normalized spacial score (nSPS) is 16.3. The van der Waals surface area contributed by atoms with Crippen LogP contribution in [0.1, 0.15) is 113 Å². The van der Waals surface area contributed by atoms with Crippen molar-refractivity contribution in [2.75, 3.05) is 0 Å². The number of unbranched alkanes of at least 4 members (excludes halogenated alkanes) is 11. The summed E-state index contributed by atoms with van der Waals surface area (Å²) in [7, 11) is 0. The number of esters is 1. The van der Waals surface area contributed by atoms with Crippen molar-refractivity contribution in [2.45, 2.75) is 109 Å². The van der Waals surface area contributed by atoms with Crippen LogP contribution in [-0.4, -0.2) is 12.1 Å².